The molecule has 2 fully saturated rings. The average Bonchev–Trinajstić information content (AvgIpc) is 3.39. The lowest BCUT2D eigenvalue weighted by atomic mass is 9.79. The van der Waals surface area contributed by atoms with Gasteiger partial charge in [-0.05, 0) is 118 Å². The molecule has 6 nitrogen and oxygen atoms in total. The van der Waals surface area contributed by atoms with Gasteiger partial charge < -0.3 is 28.1 Å². The van der Waals surface area contributed by atoms with Gasteiger partial charge in [-0.1, -0.05) is 72.8 Å². The quantitative estimate of drug-likeness (QED) is 0.104. The first-order valence-electron chi connectivity index (χ1n) is 16.4. The minimum atomic E-state index is -0.753. The minimum absolute atomic E-state index is 0.417. The van der Waals surface area contributed by atoms with E-state index in [1.807, 2.05) is 48.5 Å². The molecule has 2 aliphatic heterocycles. The Balaban J connectivity index is 1.23. The molecule has 0 atom stereocenters. The van der Waals surface area contributed by atoms with Crippen molar-refractivity contribution in [2.24, 2.45) is 0 Å². The number of benzene rings is 5. The van der Waals surface area contributed by atoms with Gasteiger partial charge in [0.25, 0.3) is 6.29 Å². The SMILES string of the molecule is CC1(C)OB(c2ccc(OC(Oc3ccc(B4OC(C)(C)C(C)(C)O4)cc3)c3c4ccccc4cc4ccccc34)cc2)OC1(C)C. The van der Waals surface area contributed by atoms with Gasteiger partial charge in [-0.25, -0.2) is 0 Å². The van der Waals surface area contributed by atoms with E-state index in [4.69, 9.17) is 28.1 Å². The molecule has 0 saturated carbocycles. The third kappa shape index (κ3) is 5.82. The van der Waals surface area contributed by atoms with E-state index in [0.29, 0.717) is 11.5 Å². The zero-order valence-corrected chi connectivity index (χ0v) is 28.5. The highest BCUT2D eigenvalue weighted by molar-refractivity contribution is 6.62. The molecule has 5 aromatic carbocycles. The Morgan fingerprint density at radius 2 is 0.809 bits per heavy atom. The first-order valence-corrected chi connectivity index (χ1v) is 16.4. The van der Waals surface area contributed by atoms with E-state index in [0.717, 1.165) is 38.0 Å². The maximum Gasteiger partial charge on any atom is 0.494 e. The normalized spacial score (nSPS) is 19.5. The molecule has 8 heteroatoms. The lowest BCUT2D eigenvalue weighted by molar-refractivity contribution is 0.00578. The zero-order valence-electron chi connectivity index (χ0n) is 28.5. The summed E-state index contributed by atoms with van der Waals surface area (Å²) in [5, 5.41) is 4.37. The molecule has 47 heavy (non-hydrogen) atoms. The van der Waals surface area contributed by atoms with E-state index >= 15 is 0 Å². The molecular formula is C39H42B2O6. The van der Waals surface area contributed by atoms with Gasteiger partial charge in [0.05, 0.1) is 22.4 Å². The smallest absolute Gasteiger partial charge is 0.451 e. The summed E-state index contributed by atoms with van der Waals surface area (Å²) in [7, 11) is -0.906. The second-order valence-electron chi connectivity index (χ2n) is 14.6. The standard InChI is InChI=1S/C39H42B2O6/c1-36(2)37(3,4)45-40(44-36)28-17-21-30(22-18-28)42-35(34-32-15-11-9-13-26(32)25-27-14-10-12-16-33(27)34)43-31-23-19-29(20-24-31)41-46-38(5,6)39(7,8)47-41/h9-25,35H,1-8H3. The largest absolute Gasteiger partial charge is 0.494 e. The molecule has 5 aromatic rings. The van der Waals surface area contributed by atoms with Crippen molar-refractivity contribution in [2.75, 3.05) is 0 Å². The van der Waals surface area contributed by atoms with Crippen molar-refractivity contribution < 1.29 is 28.1 Å². The van der Waals surface area contributed by atoms with Gasteiger partial charge in [-0.15, -0.1) is 0 Å². The van der Waals surface area contributed by atoms with E-state index in [1.54, 1.807) is 0 Å². The Bertz CT molecular complexity index is 1750. The highest BCUT2D eigenvalue weighted by Crippen LogP contribution is 2.39. The maximum absolute atomic E-state index is 6.75. The van der Waals surface area contributed by atoms with Crippen LogP contribution in [0.15, 0.2) is 103 Å². The predicted molar refractivity (Wildman–Crippen MR) is 190 cm³/mol. The number of hydrogen-bond acceptors (Lipinski definition) is 6. The fourth-order valence-corrected chi connectivity index (χ4v) is 6.06. The Morgan fingerprint density at radius 1 is 0.468 bits per heavy atom. The molecule has 0 unspecified atom stereocenters. The predicted octanol–water partition coefficient (Wildman–Crippen LogP) is 7.75. The van der Waals surface area contributed by atoms with Crippen molar-refractivity contribution in [3.63, 3.8) is 0 Å². The highest BCUT2D eigenvalue weighted by Gasteiger charge is 2.52. The van der Waals surface area contributed by atoms with Crippen LogP contribution in [0.2, 0.25) is 0 Å². The van der Waals surface area contributed by atoms with E-state index in [1.165, 1.54) is 0 Å². The van der Waals surface area contributed by atoms with E-state index in [9.17, 15) is 0 Å². The Kier molecular flexibility index (Phi) is 7.72. The van der Waals surface area contributed by atoms with Crippen molar-refractivity contribution in [1.82, 2.24) is 0 Å². The molecule has 0 aromatic heterocycles. The summed E-state index contributed by atoms with van der Waals surface area (Å²) in [6.07, 6.45) is -0.753. The van der Waals surface area contributed by atoms with Crippen LogP contribution in [-0.2, 0) is 18.6 Å². The molecule has 240 valence electrons. The topological polar surface area (TPSA) is 55.4 Å². The molecule has 0 aliphatic carbocycles. The van der Waals surface area contributed by atoms with Crippen LogP contribution in [0.25, 0.3) is 21.5 Å². The van der Waals surface area contributed by atoms with E-state index in [2.05, 4.69) is 110 Å². The van der Waals surface area contributed by atoms with Gasteiger partial charge in [0.2, 0.25) is 0 Å². The van der Waals surface area contributed by atoms with Gasteiger partial charge >= 0.3 is 14.2 Å². The first kappa shape index (κ1) is 31.8. The molecule has 7 rings (SSSR count). The summed E-state index contributed by atoms with van der Waals surface area (Å²) < 4.78 is 38.6. The second-order valence-corrected chi connectivity index (χ2v) is 14.6. The first-order chi connectivity index (χ1) is 22.2. The molecule has 0 radical (unpaired) electrons. The summed E-state index contributed by atoms with van der Waals surface area (Å²) in [4.78, 5) is 0. The van der Waals surface area contributed by atoms with Crippen LogP contribution in [-0.4, -0.2) is 36.6 Å². The van der Waals surface area contributed by atoms with Crippen LogP contribution < -0.4 is 20.4 Å². The molecule has 0 N–H and O–H groups in total. The van der Waals surface area contributed by atoms with Crippen molar-refractivity contribution >= 4 is 46.7 Å². The van der Waals surface area contributed by atoms with Crippen LogP contribution in [0, 0.1) is 0 Å². The zero-order chi connectivity index (χ0) is 33.2. The fourth-order valence-electron chi connectivity index (χ4n) is 6.06. The average molecular weight is 628 g/mol. The molecular weight excluding hydrogens is 586 g/mol. The van der Waals surface area contributed by atoms with Crippen LogP contribution in [0.5, 0.6) is 11.5 Å². The van der Waals surface area contributed by atoms with Crippen molar-refractivity contribution in [1.29, 1.82) is 0 Å². The monoisotopic (exact) mass is 628 g/mol. The van der Waals surface area contributed by atoms with Gasteiger partial charge in [-0.3, -0.25) is 0 Å². The van der Waals surface area contributed by atoms with Crippen LogP contribution >= 0.6 is 0 Å². The van der Waals surface area contributed by atoms with Crippen LogP contribution in [0.1, 0.15) is 67.2 Å². The van der Waals surface area contributed by atoms with E-state index < -0.39 is 42.9 Å². The van der Waals surface area contributed by atoms with Crippen molar-refractivity contribution in [3.05, 3.63) is 109 Å². The lowest BCUT2D eigenvalue weighted by Gasteiger charge is -2.32. The second kappa shape index (κ2) is 11.4. The number of fused-ring (bicyclic) bond motifs is 2. The van der Waals surface area contributed by atoms with Crippen molar-refractivity contribution in [2.45, 2.75) is 84.1 Å². The summed E-state index contributed by atoms with van der Waals surface area (Å²) in [6.45, 7) is 16.5. The summed E-state index contributed by atoms with van der Waals surface area (Å²) >= 11 is 0. The third-order valence-electron chi connectivity index (χ3n) is 10.3. The molecule has 0 bridgehead atoms. The molecule has 2 heterocycles. The van der Waals surface area contributed by atoms with Crippen molar-refractivity contribution in [3.8, 4) is 11.5 Å². The van der Waals surface area contributed by atoms with E-state index in [-0.39, 0.29) is 0 Å². The lowest BCUT2D eigenvalue weighted by Crippen LogP contribution is -2.41. The Labute approximate surface area is 278 Å². The molecule has 0 spiro atoms. The van der Waals surface area contributed by atoms with Gasteiger partial charge in [0.1, 0.15) is 11.5 Å². The molecule has 0 amide bonds. The fraction of sp³-hybridized carbons (Fsp3) is 0.333. The molecule has 2 saturated heterocycles. The highest BCUT2D eigenvalue weighted by atomic mass is 16.7. The Hall–Kier alpha value is -3.81. The Morgan fingerprint density at radius 3 is 1.17 bits per heavy atom. The summed E-state index contributed by atoms with van der Waals surface area (Å²) in [5.74, 6) is 1.34. The van der Waals surface area contributed by atoms with Gasteiger partial charge in [-0.2, -0.15) is 0 Å². The van der Waals surface area contributed by atoms with Gasteiger partial charge in [0, 0.05) is 5.56 Å². The van der Waals surface area contributed by atoms with Crippen LogP contribution in [0.3, 0.4) is 0 Å². The molecule has 2 aliphatic rings. The summed E-state index contributed by atoms with van der Waals surface area (Å²) in [6, 6.07) is 34.7. The maximum atomic E-state index is 6.75. The number of hydrogen-bond donors (Lipinski definition) is 0. The third-order valence-corrected chi connectivity index (χ3v) is 10.3. The minimum Gasteiger partial charge on any atom is -0.451 e. The number of ether oxygens (including phenoxy) is 2. The summed E-state index contributed by atoms with van der Waals surface area (Å²) in [5.41, 5.74) is 1.16. The van der Waals surface area contributed by atoms with Crippen LogP contribution in [0.4, 0.5) is 0 Å². The number of rotatable bonds is 7. The van der Waals surface area contributed by atoms with Gasteiger partial charge in [0.15, 0.2) is 0 Å².